The Labute approximate surface area is 181 Å². The maximum Gasteiger partial charge on any atom is 0.573 e. The van der Waals surface area contributed by atoms with E-state index in [1.165, 1.54) is 19.2 Å². The second-order valence-electron chi connectivity index (χ2n) is 7.14. The van der Waals surface area contributed by atoms with E-state index in [1.807, 2.05) is 4.90 Å². The van der Waals surface area contributed by atoms with E-state index in [-0.39, 0.29) is 30.1 Å². The topological polar surface area (TPSA) is 106 Å². The summed E-state index contributed by atoms with van der Waals surface area (Å²) >= 11 is 0. The van der Waals surface area contributed by atoms with Crippen LogP contribution in [0, 0.1) is 0 Å². The van der Waals surface area contributed by atoms with Gasteiger partial charge < -0.3 is 24.4 Å². The zero-order chi connectivity index (χ0) is 23.3. The molecular formula is C20H23F3N4O5. The molecule has 0 bridgehead atoms. The van der Waals surface area contributed by atoms with Crippen LogP contribution in [0.25, 0.3) is 0 Å². The minimum absolute atomic E-state index is 0.00756. The van der Waals surface area contributed by atoms with Crippen molar-refractivity contribution in [2.45, 2.75) is 24.9 Å². The number of benzene rings is 1. The van der Waals surface area contributed by atoms with Crippen LogP contribution in [-0.4, -0.2) is 62.3 Å². The van der Waals surface area contributed by atoms with E-state index in [0.717, 1.165) is 24.6 Å². The molecule has 2 unspecified atom stereocenters. The fourth-order valence-electron chi connectivity index (χ4n) is 3.35. The second kappa shape index (κ2) is 10.0. The van der Waals surface area contributed by atoms with Crippen LogP contribution in [0.15, 0.2) is 35.1 Å². The molecule has 32 heavy (non-hydrogen) atoms. The maximum atomic E-state index is 12.8. The number of rotatable bonds is 8. The number of carbonyl (C=O) groups excluding carboxylic acids is 1. The molecule has 1 aromatic heterocycles. The highest BCUT2D eigenvalue weighted by molar-refractivity contribution is 5.92. The molecule has 0 spiro atoms. The normalized spacial score (nSPS) is 17.3. The number of nitrogens with zero attached hydrogens (tertiary/aromatic N) is 2. The number of alkyl halides is 3. The third-order valence-electron chi connectivity index (χ3n) is 4.89. The third kappa shape index (κ3) is 6.20. The van der Waals surface area contributed by atoms with Crippen molar-refractivity contribution in [2.75, 3.05) is 38.8 Å². The molecule has 1 fully saturated rings. The van der Waals surface area contributed by atoms with Crippen LogP contribution < -0.4 is 20.5 Å². The molecule has 0 aliphatic carbocycles. The van der Waals surface area contributed by atoms with Gasteiger partial charge in [0.25, 0.3) is 11.5 Å². The van der Waals surface area contributed by atoms with Gasteiger partial charge in [-0.05, 0) is 24.1 Å². The molecule has 3 rings (SSSR count). The number of ether oxygens (including phenoxy) is 3. The Morgan fingerprint density at radius 1 is 1.31 bits per heavy atom. The summed E-state index contributed by atoms with van der Waals surface area (Å²) in [6.45, 7) is 1.19. The number of hydrogen-bond donors (Lipinski definition) is 2. The lowest BCUT2D eigenvalue weighted by Crippen LogP contribution is -2.34. The first kappa shape index (κ1) is 23.5. The highest BCUT2D eigenvalue weighted by Crippen LogP contribution is 2.25. The Hall–Kier alpha value is -3.12. The first-order valence-electron chi connectivity index (χ1n) is 9.73. The summed E-state index contributed by atoms with van der Waals surface area (Å²) in [5.41, 5.74) is -0.0945. The largest absolute Gasteiger partial charge is 0.573 e. The first-order chi connectivity index (χ1) is 15.2. The molecule has 1 aromatic carbocycles. The van der Waals surface area contributed by atoms with Crippen LogP contribution >= 0.6 is 0 Å². The zero-order valence-corrected chi connectivity index (χ0v) is 17.4. The molecule has 2 N–H and O–H groups in total. The molecule has 2 heterocycles. The lowest BCUT2D eigenvalue weighted by Gasteiger charge is -2.20. The molecular weight excluding hydrogens is 433 g/mol. The van der Waals surface area contributed by atoms with Crippen LogP contribution in [0.5, 0.6) is 5.75 Å². The van der Waals surface area contributed by atoms with Crippen molar-refractivity contribution in [3.63, 3.8) is 0 Å². The SMILES string of the molecule is COCC(NC(=O)c1cc(=O)[nH]c(N2CCC(OC)C2)n1)c1ccc(OC(F)(F)F)cc1. The number of anilines is 1. The molecule has 2 aromatic rings. The van der Waals surface area contributed by atoms with Crippen LogP contribution in [0.3, 0.4) is 0 Å². The van der Waals surface area contributed by atoms with Crippen molar-refractivity contribution >= 4 is 11.9 Å². The van der Waals surface area contributed by atoms with Gasteiger partial charge in [-0.1, -0.05) is 12.1 Å². The van der Waals surface area contributed by atoms with Crippen molar-refractivity contribution in [3.05, 3.63) is 51.9 Å². The van der Waals surface area contributed by atoms with Crippen molar-refractivity contribution in [1.82, 2.24) is 15.3 Å². The van der Waals surface area contributed by atoms with E-state index >= 15 is 0 Å². The van der Waals surface area contributed by atoms with Crippen molar-refractivity contribution in [2.24, 2.45) is 0 Å². The quantitative estimate of drug-likeness (QED) is 0.626. The average molecular weight is 456 g/mol. The minimum atomic E-state index is -4.80. The number of amides is 1. The Morgan fingerprint density at radius 2 is 2.03 bits per heavy atom. The Morgan fingerprint density at radius 3 is 2.62 bits per heavy atom. The molecule has 0 saturated carbocycles. The Bertz CT molecular complexity index is 980. The van der Waals surface area contributed by atoms with Gasteiger partial charge in [-0.25, -0.2) is 4.98 Å². The Balaban J connectivity index is 1.75. The summed E-state index contributed by atoms with van der Waals surface area (Å²) < 4.78 is 51.4. The average Bonchev–Trinajstić information content (AvgIpc) is 3.22. The van der Waals surface area contributed by atoms with Crippen molar-refractivity contribution < 1.29 is 32.2 Å². The van der Waals surface area contributed by atoms with Gasteiger partial charge in [-0.2, -0.15) is 0 Å². The van der Waals surface area contributed by atoms with E-state index < -0.39 is 23.9 Å². The van der Waals surface area contributed by atoms with Crippen LogP contribution in [-0.2, 0) is 9.47 Å². The van der Waals surface area contributed by atoms with E-state index in [4.69, 9.17) is 9.47 Å². The summed E-state index contributed by atoms with van der Waals surface area (Å²) in [5, 5.41) is 2.70. The number of carbonyl (C=O) groups is 1. The lowest BCUT2D eigenvalue weighted by atomic mass is 10.1. The van der Waals surface area contributed by atoms with Gasteiger partial charge in [0.2, 0.25) is 5.95 Å². The molecule has 1 amide bonds. The van der Waals surface area contributed by atoms with Gasteiger partial charge in [0, 0.05) is 33.4 Å². The fraction of sp³-hybridized carbons (Fsp3) is 0.450. The van der Waals surface area contributed by atoms with E-state index in [2.05, 4.69) is 20.0 Å². The van der Waals surface area contributed by atoms with Gasteiger partial charge in [0.05, 0.1) is 18.8 Å². The zero-order valence-electron chi connectivity index (χ0n) is 17.4. The first-order valence-corrected chi connectivity index (χ1v) is 9.73. The van der Waals surface area contributed by atoms with Crippen LogP contribution in [0.2, 0.25) is 0 Å². The lowest BCUT2D eigenvalue weighted by molar-refractivity contribution is -0.274. The third-order valence-corrected chi connectivity index (χ3v) is 4.89. The predicted molar refractivity (Wildman–Crippen MR) is 108 cm³/mol. The highest BCUT2D eigenvalue weighted by atomic mass is 19.4. The van der Waals surface area contributed by atoms with Crippen LogP contribution in [0.1, 0.15) is 28.5 Å². The standard InChI is InChI=1S/C20H23F3N4O5/c1-30-11-16(12-3-5-13(6-4-12)32-20(21,22)23)24-18(29)15-9-17(28)26-19(25-15)27-8-7-14(10-27)31-2/h3-6,9,14,16H,7-8,10-11H2,1-2H3,(H,24,29)(H,25,26,28). The molecule has 1 aliphatic heterocycles. The van der Waals surface area contributed by atoms with E-state index in [1.54, 1.807) is 7.11 Å². The highest BCUT2D eigenvalue weighted by Gasteiger charge is 2.31. The van der Waals surface area contributed by atoms with Gasteiger partial charge >= 0.3 is 6.36 Å². The Kier molecular flexibility index (Phi) is 7.36. The van der Waals surface area contributed by atoms with Crippen LogP contribution in [0.4, 0.5) is 19.1 Å². The molecule has 12 heteroatoms. The van der Waals surface area contributed by atoms with E-state index in [0.29, 0.717) is 18.7 Å². The maximum absolute atomic E-state index is 12.8. The van der Waals surface area contributed by atoms with Gasteiger partial charge in [-0.15, -0.1) is 13.2 Å². The summed E-state index contributed by atoms with van der Waals surface area (Å²) in [4.78, 5) is 33.6. The summed E-state index contributed by atoms with van der Waals surface area (Å²) in [6, 6.07) is 5.43. The number of methoxy groups -OCH3 is 2. The minimum Gasteiger partial charge on any atom is -0.406 e. The fourth-order valence-corrected chi connectivity index (χ4v) is 3.35. The smallest absolute Gasteiger partial charge is 0.406 e. The number of H-pyrrole nitrogens is 1. The molecule has 9 nitrogen and oxygen atoms in total. The second-order valence-corrected chi connectivity index (χ2v) is 7.14. The number of aromatic amines is 1. The van der Waals surface area contributed by atoms with Crippen molar-refractivity contribution in [3.8, 4) is 5.75 Å². The summed E-state index contributed by atoms with van der Waals surface area (Å²) in [7, 11) is 3.02. The van der Waals surface area contributed by atoms with Gasteiger partial charge in [0.15, 0.2) is 0 Å². The molecule has 2 atom stereocenters. The number of nitrogens with one attached hydrogen (secondary N) is 2. The number of aromatic nitrogens is 2. The molecule has 1 saturated heterocycles. The number of hydrogen-bond acceptors (Lipinski definition) is 7. The molecule has 1 aliphatic rings. The van der Waals surface area contributed by atoms with Crippen molar-refractivity contribution in [1.29, 1.82) is 0 Å². The van der Waals surface area contributed by atoms with E-state index in [9.17, 15) is 22.8 Å². The van der Waals surface area contributed by atoms with Gasteiger partial charge in [0.1, 0.15) is 11.4 Å². The summed E-state index contributed by atoms with van der Waals surface area (Å²) in [6.07, 6.45) is -4.03. The number of halogens is 3. The molecule has 0 radical (unpaired) electrons. The summed E-state index contributed by atoms with van der Waals surface area (Å²) in [5.74, 6) is -0.749. The monoisotopic (exact) mass is 456 g/mol. The molecule has 174 valence electrons. The predicted octanol–water partition coefficient (Wildman–Crippen LogP) is 2.01. The van der Waals surface area contributed by atoms with Gasteiger partial charge in [-0.3, -0.25) is 14.6 Å².